The summed E-state index contributed by atoms with van der Waals surface area (Å²) in [5.41, 5.74) is 6.49. The Labute approximate surface area is 125 Å². The number of hydrogen-bond acceptors (Lipinski definition) is 4. The minimum absolute atomic E-state index is 0.270. The van der Waals surface area contributed by atoms with Crippen molar-refractivity contribution >= 4 is 26.5 Å². The molecule has 2 aromatic carbocycles. The second-order valence-electron chi connectivity index (χ2n) is 4.72. The molecule has 0 radical (unpaired) electrons. The minimum Gasteiger partial charge on any atom is -0.398 e. The number of nitrogens with zero attached hydrogens (tertiary/aromatic N) is 1. The summed E-state index contributed by atoms with van der Waals surface area (Å²) < 4.78 is 31.9. The fraction of sp³-hybridized carbons (Fsp3) is 0.333. The molecule has 2 aromatic rings. The molecule has 0 saturated heterocycles. The highest BCUT2D eigenvalue weighted by atomic mass is 32.2. The zero-order valence-electron chi connectivity index (χ0n) is 12.2. The van der Waals surface area contributed by atoms with Crippen LogP contribution in [0.25, 0.3) is 10.8 Å². The van der Waals surface area contributed by atoms with Gasteiger partial charge in [0.15, 0.2) is 0 Å². The van der Waals surface area contributed by atoms with Crippen molar-refractivity contribution in [2.24, 2.45) is 0 Å². The molecule has 0 heterocycles. The number of rotatable bonds is 6. The second-order valence-corrected chi connectivity index (χ2v) is 6.74. The lowest BCUT2D eigenvalue weighted by molar-refractivity contribution is 0.138. The maximum absolute atomic E-state index is 12.7. The number of hydrogen-bond donors (Lipinski definition) is 1. The third-order valence-corrected chi connectivity index (χ3v) is 5.28. The maximum atomic E-state index is 12.7. The van der Waals surface area contributed by atoms with E-state index in [-0.39, 0.29) is 4.90 Å². The fourth-order valence-electron chi connectivity index (χ4n) is 2.15. The quantitative estimate of drug-likeness (QED) is 0.655. The molecule has 0 aliphatic carbocycles. The minimum atomic E-state index is -3.57. The molecule has 0 aromatic heterocycles. The first kappa shape index (κ1) is 15.8. The van der Waals surface area contributed by atoms with E-state index < -0.39 is 10.0 Å². The zero-order chi connectivity index (χ0) is 15.5. The largest absolute Gasteiger partial charge is 0.398 e. The van der Waals surface area contributed by atoms with Gasteiger partial charge in [0, 0.05) is 36.7 Å². The van der Waals surface area contributed by atoms with Crippen molar-refractivity contribution in [3.8, 4) is 0 Å². The number of anilines is 1. The Morgan fingerprint density at radius 3 is 2.48 bits per heavy atom. The first-order chi connectivity index (χ1) is 9.98. The molecule has 6 heteroatoms. The standard InChI is InChI=1S/C15H20N2O3S/c1-3-20-11-10-17(2)21(18,19)15-9-8-14(16)12-6-4-5-7-13(12)15/h4-9H,3,10-11,16H2,1-2H3. The first-order valence-electron chi connectivity index (χ1n) is 6.79. The van der Waals surface area contributed by atoms with Gasteiger partial charge in [0.05, 0.1) is 11.5 Å². The molecule has 0 unspecified atom stereocenters. The average molecular weight is 308 g/mol. The van der Waals surface area contributed by atoms with E-state index in [1.54, 1.807) is 31.3 Å². The summed E-state index contributed by atoms with van der Waals surface area (Å²) in [6.07, 6.45) is 0. The van der Waals surface area contributed by atoms with E-state index >= 15 is 0 Å². The van der Waals surface area contributed by atoms with Gasteiger partial charge < -0.3 is 10.5 Å². The molecule has 0 bridgehead atoms. The Morgan fingerprint density at radius 1 is 1.14 bits per heavy atom. The normalized spacial score (nSPS) is 12.1. The van der Waals surface area contributed by atoms with Crippen LogP contribution in [0.5, 0.6) is 0 Å². The van der Waals surface area contributed by atoms with Crippen molar-refractivity contribution in [3.63, 3.8) is 0 Å². The molecule has 114 valence electrons. The number of benzene rings is 2. The summed E-state index contributed by atoms with van der Waals surface area (Å²) in [5, 5.41) is 1.39. The summed E-state index contributed by atoms with van der Waals surface area (Å²) in [6.45, 7) is 3.13. The summed E-state index contributed by atoms with van der Waals surface area (Å²) in [4.78, 5) is 0.270. The third kappa shape index (κ3) is 3.18. The lowest BCUT2D eigenvalue weighted by Gasteiger charge is -2.18. The van der Waals surface area contributed by atoms with Crippen LogP contribution in [-0.2, 0) is 14.8 Å². The van der Waals surface area contributed by atoms with Crippen LogP contribution >= 0.6 is 0 Å². The van der Waals surface area contributed by atoms with Gasteiger partial charge in [-0.3, -0.25) is 0 Å². The van der Waals surface area contributed by atoms with Crippen LogP contribution in [0, 0.1) is 0 Å². The van der Waals surface area contributed by atoms with Crippen LogP contribution in [0.15, 0.2) is 41.3 Å². The van der Waals surface area contributed by atoms with Crippen molar-refractivity contribution in [1.82, 2.24) is 4.31 Å². The Bertz CT molecular complexity index is 729. The first-order valence-corrected chi connectivity index (χ1v) is 8.23. The molecule has 5 nitrogen and oxygen atoms in total. The molecule has 0 aliphatic heterocycles. The molecule has 0 fully saturated rings. The van der Waals surface area contributed by atoms with Gasteiger partial charge in [-0.05, 0) is 19.1 Å². The lowest BCUT2D eigenvalue weighted by atomic mass is 10.1. The third-order valence-electron chi connectivity index (χ3n) is 3.36. The summed E-state index contributed by atoms with van der Waals surface area (Å²) in [5.74, 6) is 0. The van der Waals surface area contributed by atoms with Gasteiger partial charge >= 0.3 is 0 Å². The highest BCUT2D eigenvalue weighted by Crippen LogP contribution is 2.29. The monoisotopic (exact) mass is 308 g/mol. The van der Waals surface area contributed by atoms with Crippen LogP contribution in [0.3, 0.4) is 0 Å². The van der Waals surface area contributed by atoms with E-state index in [4.69, 9.17) is 10.5 Å². The van der Waals surface area contributed by atoms with E-state index in [9.17, 15) is 8.42 Å². The van der Waals surface area contributed by atoms with Gasteiger partial charge in [-0.2, -0.15) is 4.31 Å². The Morgan fingerprint density at radius 2 is 1.81 bits per heavy atom. The topological polar surface area (TPSA) is 72.6 Å². The number of fused-ring (bicyclic) bond motifs is 1. The highest BCUT2D eigenvalue weighted by molar-refractivity contribution is 7.89. The molecule has 0 aliphatic rings. The number of sulfonamides is 1. The molecule has 2 N–H and O–H groups in total. The van der Waals surface area contributed by atoms with Gasteiger partial charge in [-0.1, -0.05) is 24.3 Å². The van der Waals surface area contributed by atoms with Crippen LogP contribution in [0.2, 0.25) is 0 Å². The Kier molecular flexibility index (Phi) is 4.82. The average Bonchev–Trinajstić information content (AvgIpc) is 2.47. The molecular weight excluding hydrogens is 288 g/mol. The fourth-order valence-corrected chi connectivity index (χ4v) is 3.49. The van der Waals surface area contributed by atoms with Gasteiger partial charge in [0.25, 0.3) is 0 Å². The predicted molar refractivity (Wildman–Crippen MR) is 84.7 cm³/mol. The number of ether oxygens (including phenoxy) is 1. The molecule has 0 spiro atoms. The SMILES string of the molecule is CCOCCN(C)S(=O)(=O)c1ccc(N)c2ccccc12. The van der Waals surface area contributed by atoms with Crippen LogP contribution < -0.4 is 5.73 Å². The maximum Gasteiger partial charge on any atom is 0.243 e. The zero-order valence-corrected chi connectivity index (χ0v) is 13.1. The summed E-state index contributed by atoms with van der Waals surface area (Å²) in [6, 6.07) is 10.4. The van der Waals surface area contributed by atoms with Gasteiger partial charge in [0.1, 0.15) is 0 Å². The van der Waals surface area contributed by atoms with Crippen molar-refractivity contribution in [2.45, 2.75) is 11.8 Å². The van der Waals surface area contributed by atoms with E-state index in [1.807, 2.05) is 19.1 Å². The van der Waals surface area contributed by atoms with Crippen molar-refractivity contribution < 1.29 is 13.2 Å². The van der Waals surface area contributed by atoms with Crippen molar-refractivity contribution in [3.05, 3.63) is 36.4 Å². The van der Waals surface area contributed by atoms with Crippen LogP contribution in [-0.4, -0.2) is 39.5 Å². The summed E-state index contributed by atoms with van der Waals surface area (Å²) >= 11 is 0. The molecule has 0 atom stereocenters. The number of nitrogen functional groups attached to an aromatic ring is 1. The van der Waals surface area contributed by atoms with E-state index in [1.165, 1.54) is 4.31 Å². The molecule has 21 heavy (non-hydrogen) atoms. The van der Waals surface area contributed by atoms with Crippen LogP contribution in [0.4, 0.5) is 5.69 Å². The molecule has 0 amide bonds. The van der Waals surface area contributed by atoms with Crippen molar-refractivity contribution in [1.29, 1.82) is 0 Å². The van der Waals surface area contributed by atoms with E-state index in [0.717, 1.165) is 5.39 Å². The van der Waals surface area contributed by atoms with Gasteiger partial charge in [0.2, 0.25) is 10.0 Å². The molecule has 0 saturated carbocycles. The van der Waals surface area contributed by atoms with Crippen LogP contribution in [0.1, 0.15) is 6.92 Å². The highest BCUT2D eigenvalue weighted by Gasteiger charge is 2.23. The number of nitrogens with two attached hydrogens (primary N) is 1. The Hall–Kier alpha value is -1.63. The smallest absolute Gasteiger partial charge is 0.243 e. The van der Waals surface area contributed by atoms with E-state index in [0.29, 0.717) is 30.8 Å². The van der Waals surface area contributed by atoms with E-state index in [2.05, 4.69) is 0 Å². The molecular formula is C15H20N2O3S. The van der Waals surface area contributed by atoms with Gasteiger partial charge in [-0.25, -0.2) is 8.42 Å². The number of likely N-dealkylation sites (N-methyl/N-ethyl adjacent to an activating group) is 1. The molecule has 2 rings (SSSR count). The lowest BCUT2D eigenvalue weighted by Crippen LogP contribution is -2.30. The summed E-state index contributed by atoms with van der Waals surface area (Å²) in [7, 11) is -2.01. The predicted octanol–water partition coefficient (Wildman–Crippen LogP) is 2.08. The Balaban J connectivity index is 2.43. The second kappa shape index (κ2) is 6.43. The van der Waals surface area contributed by atoms with Gasteiger partial charge in [-0.15, -0.1) is 0 Å². The van der Waals surface area contributed by atoms with Crippen molar-refractivity contribution in [2.75, 3.05) is 32.5 Å².